The molecule has 1 heterocycles. The maximum absolute atomic E-state index is 13.0. The van der Waals surface area contributed by atoms with Crippen LogP contribution in [-0.2, 0) is 10.0 Å². The summed E-state index contributed by atoms with van der Waals surface area (Å²) in [4.78, 5) is 0.437. The van der Waals surface area contributed by atoms with E-state index in [2.05, 4.69) is 22.9 Å². The van der Waals surface area contributed by atoms with Crippen molar-refractivity contribution in [2.45, 2.75) is 56.9 Å². The summed E-state index contributed by atoms with van der Waals surface area (Å²) in [7, 11) is -3.40. The Morgan fingerprint density at radius 1 is 1.30 bits per heavy atom. The zero-order chi connectivity index (χ0) is 14.8. The summed E-state index contributed by atoms with van der Waals surface area (Å²) in [6.07, 6.45) is 5.07. The summed E-state index contributed by atoms with van der Waals surface area (Å²) in [5.41, 5.74) is 0.812. The van der Waals surface area contributed by atoms with E-state index >= 15 is 0 Å². The highest BCUT2D eigenvalue weighted by Crippen LogP contribution is 2.29. The van der Waals surface area contributed by atoms with Crippen LogP contribution in [0.25, 0.3) is 0 Å². The maximum Gasteiger partial charge on any atom is 0.243 e. The van der Waals surface area contributed by atoms with E-state index in [1.54, 1.807) is 10.4 Å². The van der Waals surface area contributed by atoms with Gasteiger partial charge < -0.3 is 0 Å². The van der Waals surface area contributed by atoms with Crippen molar-refractivity contribution in [2.24, 2.45) is 0 Å². The van der Waals surface area contributed by atoms with Crippen molar-refractivity contribution >= 4 is 26.0 Å². The smallest absolute Gasteiger partial charge is 0.207 e. The van der Waals surface area contributed by atoms with Gasteiger partial charge in [0.1, 0.15) is 0 Å². The molecule has 5 heteroatoms. The van der Waals surface area contributed by atoms with Crippen LogP contribution in [0.3, 0.4) is 0 Å². The van der Waals surface area contributed by atoms with Gasteiger partial charge in [-0.05, 0) is 43.9 Å². The number of hydrogen-bond acceptors (Lipinski definition) is 2. The van der Waals surface area contributed by atoms with Gasteiger partial charge in [0.2, 0.25) is 10.0 Å². The highest BCUT2D eigenvalue weighted by molar-refractivity contribution is 9.10. The van der Waals surface area contributed by atoms with E-state index in [0.717, 1.165) is 42.1 Å². The SMILES string of the molecule is CCC1CCCCCN1S(=O)(=O)c1cc(Br)ccc1C. The van der Waals surface area contributed by atoms with Crippen LogP contribution < -0.4 is 0 Å². The predicted octanol–water partition coefficient (Wildman–Crippen LogP) is 4.10. The molecular weight excluding hydrogens is 338 g/mol. The Balaban J connectivity index is 2.44. The first kappa shape index (κ1) is 16.0. The first-order valence-electron chi connectivity index (χ1n) is 7.25. The quantitative estimate of drug-likeness (QED) is 0.814. The average molecular weight is 360 g/mol. The molecule has 1 unspecified atom stereocenters. The molecule has 1 fully saturated rings. The van der Waals surface area contributed by atoms with Gasteiger partial charge >= 0.3 is 0 Å². The molecule has 0 spiro atoms. The summed E-state index contributed by atoms with van der Waals surface area (Å²) in [6, 6.07) is 5.60. The van der Waals surface area contributed by atoms with E-state index in [-0.39, 0.29) is 6.04 Å². The molecule has 1 aliphatic heterocycles. The fraction of sp³-hybridized carbons (Fsp3) is 0.600. The Kier molecular flexibility index (Phi) is 5.26. The molecule has 0 bridgehead atoms. The standard InChI is InChI=1S/C15H22BrNO2S/c1-3-14-7-5-4-6-10-17(14)20(18,19)15-11-13(16)9-8-12(15)2/h8-9,11,14H,3-7,10H2,1-2H3. The molecule has 1 aromatic carbocycles. The molecule has 0 N–H and O–H groups in total. The molecule has 2 rings (SSSR count). The van der Waals surface area contributed by atoms with E-state index in [4.69, 9.17) is 0 Å². The first-order valence-corrected chi connectivity index (χ1v) is 9.48. The fourth-order valence-electron chi connectivity index (χ4n) is 2.85. The minimum atomic E-state index is -3.40. The second-order valence-corrected chi connectivity index (χ2v) is 8.21. The number of hydrogen-bond donors (Lipinski definition) is 0. The maximum atomic E-state index is 13.0. The third-order valence-electron chi connectivity index (χ3n) is 4.03. The fourth-order valence-corrected chi connectivity index (χ4v) is 5.39. The molecule has 0 aliphatic carbocycles. The number of sulfonamides is 1. The highest BCUT2D eigenvalue weighted by atomic mass is 79.9. The molecule has 1 aliphatic rings. The summed E-state index contributed by atoms with van der Waals surface area (Å²) < 4.78 is 28.5. The van der Waals surface area contributed by atoms with Crippen LogP contribution in [0.4, 0.5) is 0 Å². The summed E-state index contributed by atoms with van der Waals surface area (Å²) >= 11 is 3.38. The third kappa shape index (κ3) is 3.26. The van der Waals surface area contributed by atoms with Gasteiger partial charge in [0.25, 0.3) is 0 Å². The monoisotopic (exact) mass is 359 g/mol. The Morgan fingerprint density at radius 2 is 2.05 bits per heavy atom. The molecule has 1 atom stereocenters. The van der Waals surface area contributed by atoms with Crippen molar-refractivity contribution < 1.29 is 8.42 Å². The molecule has 0 radical (unpaired) electrons. The zero-order valence-electron chi connectivity index (χ0n) is 12.1. The molecule has 0 saturated carbocycles. The second kappa shape index (κ2) is 6.58. The van der Waals surface area contributed by atoms with E-state index < -0.39 is 10.0 Å². The molecule has 20 heavy (non-hydrogen) atoms. The summed E-state index contributed by atoms with van der Waals surface area (Å²) in [5, 5.41) is 0. The van der Waals surface area contributed by atoms with E-state index in [1.807, 2.05) is 19.1 Å². The first-order chi connectivity index (χ1) is 9.46. The number of halogens is 1. The van der Waals surface area contributed by atoms with Crippen LogP contribution in [0, 0.1) is 6.92 Å². The van der Waals surface area contributed by atoms with Crippen molar-refractivity contribution in [2.75, 3.05) is 6.54 Å². The summed E-state index contributed by atoms with van der Waals surface area (Å²) in [5.74, 6) is 0. The lowest BCUT2D eigenvalue weighted by molar-refractivity contribution is 0.315. The van der Waals surface area contributed by atoms with Crippen molar-refractivity contribution in [1.82, 2.24) is 4.31 Å². The van der Waals surface area contributed by atoms with Gasteiger partial charge in [-0.15, -0.1) is 0 Å². The van der Waals surface area contributed by atoms with Gasteiger partial charge in [-0.2, -0.15) is 4.31 Å². The number of rotatable bonds is 3. The zero-order valence-corrected chi connectivity index (χ0v) is 14.5. The topological polar surface area (TPSA) is 37.4 Å². The van der Waals surface area contributed by atoms with Crippen LogP contribution in [0.1, 0.15) is 44.6 Å². The Morgan fingerprint density at radius 3 is 2.75 bits per heavy atom. The molecule has 3 nitrogen and oxygen atoms in total. The van der Waals surface area contributed by atoms with Crippen LogP contribution in [-0.4, -0.2) is 25.3 Å². The minimum absolute atomic E-state index is 0.140. The molecular formula is C15H22BrNO2S. The van der Waals surface area contributed by atoms with Crippen LogP contribution >= 0.6 is 15.9 Å². The van der Waals surface area contributed by atoms with E-state index in [1.165, 1.54) is 0 Å². The number of nitrogens with zero attached hydrogens (tertiary/aromatic N) is 1. The van der Waals surface area contributed by atoms with Gasteiger partial charge in [-0.1, -0.05) is 41.8 Å². The minimum Gasteiger partial charge on any atom is -0.207 e. The molecule has 1 saturated heterocycles. The Bertz CT molecular complexity index is 571. The van der Waals surface area contributed by atoms with Crippen molar-refractivity contribution in [1.29, 1.82) is 0 Å². The van der Waals surface area contributed by atoms with Crippen molar-refractivity contribution in [3.63, 3.8) is 0 Å². The Hall–Kier alpha value is -0.390. The number of benzene rings is 1. The number of aryl methyl sites for hydroxylation is 1. The Labute approximate surface area is 130 Å². The van der Waals surface area contributed by atoms with Crippen LogP contribution in [0.2, 0.25) is 0 Å². The van der Waals surface area contributed by atoms with Crippen LogP contribution in [0.15, 0.2) is 27.6 Å². The van der Waals surface area contributed by atoms with Gasteiger partial charge in [0.15, 0.2) is 0 Å². The third-order valence-corrected chi connectivity index (χ3v) is 6.62. The lowest BCUT2D eigenvalue weighted by Gasteiger charge is -2.29. The second-order valence-electron chi connectivity index (χ2n) is 5.44. The van der Waals surface area contributed by atoms with E-state index in [9.17, 15) is 8.42 Å². The van der Waals surface area contributed by atoms with Gasteiger partial charge in [0.05, 0.1) is 4.90 Å². The molecule has 112 valence electrons. The van der Waals surface area contributed by atoms with E-state index in [0.29, 0.717) is 11.4 Å². The normalized spacial score (nSPS) is 21.6. The lowest BCUT2D eigenvalue weighted by atomic mass is 10.1. The van der Waals surface area contributed by atoms with Gasteiger partial charge in [-0.3, -0.25) is 0 Å². The van der Waals surface area contributed by atoms with Gasteiger partial charge in [0, 0.05) is 17.1 Å². The highest BCUT2D eigenvalue weighted by Gasteiger charge is 2.32. The van der Waals surface area contributed by atoms with Gasteiger partial charge in [-0.25, -0.2) is 8.42 Å². The molecule has 0 amide bonds. The molecule has 0 aromatic heterocycles. The summed E-state index contributed by atoms with van der Waals surface area (Å²) in [6.45, 7) is 4.58. The largest absolute Gasteiger partial charge is 0.243 e. The predicted molar refractivity (Wildman–Crippen MR) is 85.3 cm³/mol. The van der Waals surface area contributed by atoms with Crippen molar-refractivity contribution in [3.05, 3.63) is 28.2 Å². The molecule has 1 aromatic rings. The average Bonchev–Trinajstić information content (AvgIpc) is 2.66. The van der Waals surface area contributed by atoms with Crippen LogP contribution in [0.5, 0.6) is 0 Å². The lowest BCUT2D eigenvalue weighted by Crippen LogP contribution is -2.39. The van der Waals surface area contributed by atoms with Crippen molar-refractivity contribution in [3.8, 4) is 0 Å².